The molecule has 12 amide bonds. The number of alkyl halides is 5. The van der Waals surface area contributed by atoms with Gasteiger partial charge in [0.05, 0.1) is 25.6 Å². The lowest BCUT2D eigenvalue weighted by Gasteiger charge is -2.54. The van der Waals surface area contributed by atoms with Gasteiger partial charge in [0.15, 0.2) is 0 Å². The van der Waals surface area contributed by atoms with Gasteiger partial charge in [-0.05, 0) is 126 Å². The summed E-state index contributed by atoms with van der Waals surface area (Å²) in [7, 11) is 9.89. The molecule has 3 aliphatic heterocycles. The first-order valence-electron chi connectivity index (χ1n) is 38.7. The van der Waals surface area contributed by atoms with Crippen LogP contribution in [-0.2, 0) is 62.3 Å². The zero-order valence-electron chi connectivity index (χ0n) is 65.3. The molecule has 6 fully saturated rings. The van der Waals surface area contributed by atoms with Gasteiger partial charge in [-0.15, -0.1) is 0 Å². The van der Waals surface area contributed by atoms with Crippen LogP contribution in [0.5, 0.6) is 0 Å². The Morgan fingerprint density at radius 2 is 1.30 bits per heavy atom. The zero-order chi connectivity index (χ0) is 78.8. The van der Waals surface area contributed by atoms with Crippen LogP contribution in [0.15, 0.2) is 12.2 Å². The summed E-state index contributed by atoms with van der Waals surface area (Å²) in [5, 5.41) is 8.61. The van der Waals surface area contributed by atoms with Gasteiger partial charge >= 0.3 is 6.18 Å². The molecule has 0 aromatic heterocycles. The number of hydrogen-bond acceptors (Lipinski definition) is 13. The molecule has 1 spiro atoms. The molecule has 4 aliphatic carbocycles. The molecule has 7 rings (SSSR count). The molecule has 106 heavy (non-hydrogen) atoms. The van der Waals surface area contributed by atoms with E-state index in [0.29, 0.717) is 44.4 Å². The van der Waals surface area contributed by atoms with E-state index < -0.39 is 217 Å². The van der Waals surface area contributed by atoms with Gasteiger partial charge < -0.3 is 64.8 Å². The molecule has 7 aliphatic rings. The molecule has 3 heterocycles. The Morgan fingerprint density at radius 1 is 0.679 bits per heavy atom. The van der Waals surface area contributed by atoms with Crippen molar-refractivity contribution in [3.05, 3.63) is 12.2 Å². The highest BCUT2D eigenvalue weighted by Gasteiger charge is 2.60. The summed E-state index contributed by atoms with van der Waals surface area (Å²) in [6, 6.07) is -10.6. The van der Waals surface area contributed by atoms with Crippen LogP contribution in [0.2, 0.25) is 0 Å². The quantitative estimate of drug-likeness (QED) is 0.137. The summed E-state index contributed by atoms with van der Waals surface area (Å²) in [6.07, 6.45) is -3.87. The summed E-state index contributed by atoms with van der Waals surface area (Å²) >= 11 is 0. The van der Waals surface area contributed by atoms with Crippen LogP contribution in [0.4, 0.5) is 22.0 Å². The van der Waals surface area contributed by atoms with E-state index in [1.807, 2.05) is 26.8 Å². The maximum Gasteiger partial charge on any atom is 0.397 e. The average Bonchev–Trinajstić information content (AvgIpc) is 0.928. The molecule has 4 saturated carbocycles. The van der Waals surface area contributed by atoms with E-state index in [-0.39, 0.29) is 77.1 Å². The van der Waals surface area contributed by atoms with Crippen LogP contribution >= 0.6 is 0 Å². The van der Waals surface area contributed by atoms with Crippen LogP contribution < -0.4 is 16.0 Å². The number of carbonyl (C=O) groups is 12. The Bertz CT molecular complexity index is 3160. The SMILES string of the molecule is CCO[C@@H]1C[C@H]2C(=O)NC3(CC(C)(C)C3)C(=O)N(C)[C@@H](C3CCCC3)C(=O)N(C)[C@H](C(=O)N(C)CC)CC(=O)N(C)[C@@H](CC)C(=O)N[C@@H]([C@@H](C)CC)C(=O)N(C)CC(=O)N(C)[C@H]3C/C=C\CCN(C3=O)[C@@H](CC3CCC(C)CC3)C(=O)N(C)CC(=O)N[C@@H](CCC3CC(F)C(C(F)(F)F)C(F)C3)C(=O)N2C1. The highest BCUT2D eigenvalue weighted by molar-refractivity contribution is 6.01. The van der Waals surface area contributed by atoms with Crippen molar-refractivity contribution < 1.29 is 84.2 Å². The van der Waals surface area contributed by atoms with Gasteiger partial charge in [0.1, 0.15) is 72.1 Å². The number of rotatable bonds is 13. The van der Waals surface area contributed by atoms with Crippen LogP contribution in [-0.4, -0.2) is 282 Å². The predicted molar refractivity (Wildman–Crippen MR) is 385 cm³/mol. The van der Waals surface area contributed by atoms with E-state index in [4.69, 9.17) is 4.74 Å². The van der Waals surface area contributed by atoms with Crippen LogP contribution in [0.25, 0.3) is 0 Å². The molecule has 0 aromatic rings. The Morgan fingerprint density at radius 3 is 1.88 bits per heavy atom. The Balaban J connectivity index is 1.33. The minimum atomic E-state index is -5.18. The van der Waals surface area contributed by atoms with Gasteiger partial charge in [-0.2, -0.15) is 13.2 Å². The van der Waals surface area contributed by atoms with Gasteiger partial charge in [-0.1, -0.05) is 98.6 Å². The first kappa shape index (κ1) is 86.2. The van der Waals surface area contributed by atoms with E-state index in [1.165, 1.54) is 78.7 Å². The van der Waals surface area contributed by atoms with Gasteiger partial charge in [0.25, 0.3) is 0 Å². The fraction of sp³-hybridized carbons (Fsp3) is 0.816. The molecule has 30 heteroatoms. The number of ether oxygens (including phenoxy) is 1. The van der Waals surface area contributed by atoms with Crippen molar-refractivity contribution in [2.24, 2.45) is 40.9 Å². The fourth-order valence-electron chi connectivity index (χ4n) is 17.7. The lowest BCUT2D eigenvalue weighted by Crippen LogP contribution is -2.71. The topological polar surface area (TPSA) is 279 Å². The van der Waals surface area contributed by atoms with Crippen LogP contribution in [0.3, 0.4) is 0 Å². The van der Waals surface area contributed by atoms with Crippen molar-refractivity contribution in [2.45, 2.75) is 269 Å². The first-order valence-corrected chi connectivity index (χ1v) is 38.7. The minimum Gasteiger partial charge on any atom is -0.377 e. The summed E-state index contributed by atoms with van der Waals surface area (Å²) in [5.74, 6) is -13.0. The molecule has 598 valence electrons. The Kier molecular flexibility index (Phi) is 30.0. The summed E-state index contributed by atoms with van der Waals surface area (Å²) in [4.78, 5) is 193. The normalized spacial score (nSPS) is 32.6. The molecule has 25 nitrogen and oxygen atoms in total. The molecule has 0 aromatic carbocycles. The first-order chi connectivity index (χ1) is 49.7. The minimum absolute atomic E-state index is 0.0137. The van der Waals surface area contributed by atoms with Gasteiger partial charge in [-0.3, -0.25) is 57.5 Å². The Hall–Kier alpha value is -7.01. The smallest absolute Gasteiger partial charge is 0.377 e. The lowest BCUT2D eigenvalue weighted by atomic mass is 9.58. The monoisotopic (exact) mass is 1500 g/mol. The number of nitrogens with one attached hydrogen (secondary N) is 3. The molecule has 2 unspecified atom stereocenters. The van der Waals surface area contributed by atoms with E-state index in [1.54, 1.807) is 33.8 Å². The molecule has 12 atom stereocenters. The summed E-state index contributed by atoms with van der Waals surface area (Å²) < 4.78 is 79.1. The van der Waals surface area contributed by atoms with Crippen molar-refractivity contribution in [2.75, 3.05) is 88.7 Å². The van der Waals surface area contributed by atoms with E-state index in [2.05, 4.69) is 22.9 Å². The molecular formula is C76H121F5N12O13. The van der Waals surface area contributed by atoms with E-state index >= 15 is 37.5 Å². The van der Waals surface area contributed by atoms with Crippen molar-refractivity contribution in [3.8, 4) is 0 Å². The van der Waals surface area contributed by atoms with Crippen molar-refractivity contribution >= 4 is 70.9 Å². The molecule has 3 N–H and O–H groups in total. The average molecular weight is 1510 g/mol. The number of likely N-dealkylation sites (N-methyl/N-ethyl adjacent to an activating group) is 7. The van der Waals surface area contributed by atoms with Crippen molar-refractivity contribution in [1.82, 2.24) is 60.0 Å². The summed E-state index contributed by atoms with van der Waals surface area (Å²) in [6.45, 7) is 13.4. The number of carbonyl (C=O) groups excluding carboxylic acids is 12. The number of nitrogens with zero attached hydrogens (tertiary/aromatic N) is 9. The zero-order valence-corrected chi connectivity index (χ0v) is 65.3. The van der Waals surface area contributed by atoms with E-state index in [0.717, 1.165) is 40.4 Å². The molecular weight excluding hydrogens is 1380 g/mol. The number of halogens is 5. The molecule has 2 bridgehead atoms. The third-order valence-electron chi connectivity index (χ3n) is 24.2. The second-order valence-corrected chi connectivity index (χ2v) is 32.6. The summed E-state index contributed by atoms with van der Waals surface area (Å²) in [5.41, 5.74) is -2.28. The van der Waals surface area contributed by atoms with Gasteiger partial charge in [0.2, 0.25) is 70.9 Å². The second kappa shape index (κ2) is 36.9. The highest BCUT2D eigenvalue weighted by Crippen LogP contribution is 2.50. The van der Waals surface area contributed by atoms with E-state index in [9.17, 15) is 41.9 Å². The maximum atomic E-state index is 15.8. The standard InChI is InChI=1S/C76H121F5N12O13/c1-16-46(6)63-71(103)87(11)42-61(96)89(13)55-27-21-20-24-34-92(70(55)102)58(37-47-30-28-45(5)29-31-47)69(101)86(10)41-59(94)82-53(33-32-48-35-51(77)62(52(78)36-48)76(79,80)81)67(99)93-40-50(106-19-4)38-56(93)66(98)84-75(43-74(7,8)44-75)73(105)91(15)64(49-25-22-23-26-49)72(104)90(14)57(68(100)85(9)18-3)39-60(95)88(12)54(17-2)65(97)83-63/h20-21,45-58,62-64H,16-19,22-44H2,1-15H3,(H,82,94)(H,83,97)(H,84,98)/b21-20-/t45?,46-,47?,48?,50+,51?,52?,53-,54-,55-,56-,57-,58-,62?,63-,64-/m0/s1. The van der Waals surface area contributed by atoms with Crippen LogP contribution in [0.1, 0.15) is 190 Å². The third-order valence-corrected chi connectivity index (χ3v) is 24.2. The lowest BCUT2D eigenvalue weighted by molar-refractivity contribution is -0.219. The van der Waals surface area contributed by atoms with Crippen molar-refractivity contribution in [1.29, 1.82) is 0 Å². The van der Waals surface area contributed by atoms with Crippen molar-refractivity contribution in [3.63, 3.8) is 0 Å². The van der Waals surface area contributed by atoms with Crippen LogP contribution in [0, 0.1) is 40.9 Å². The number of fused-ring (bicyclic) bond motifs is 3. The number of amides is 12. The molecule has 2 saturated heterocycles. The Labute approximate surface area is 623 Å². The third kappa shape index (κ3) is 20.5. The second-order valence-electron chi connectivity index (χ2n) is 32.6. The highest BCUT2D eigenvalue weighted by atomic mass is 19.4. The van der Waals surface area contributed by atoms with Gasteiger partial charge in [-0.25, -0.2) is 8.78 Å². The predicted octanol–water partition coefficient (Wildman–Crippen LogP) is 6.20. The molecule has 0 radical (unpaired) electrons. The van der Waals surface area contributed by atoms with Gasteiger partial charge in [0, 0.05) is 82.0 Å². The number of hydrogen-bond donors (Lipinski definition) is 3. The fourth-order valence-corrected chi connectivity index (χ4v) is 17.7. The largest absolute Gasteiger partial charge is 0.397 e. The maximum absolute atomic E-state index is 15.8.